The monoisotopic (exact) mass is 325 g/mol. The molecule has 1 aromatic carbocycles. The highest BCUT2D eigenvalue weighted by atomic mass is 19.1. The predicted molar refractivity (Wildman–Crippen MR) is 94.3 cm³/mol. The molecule has 0 unspecified atom stereocenters. The number of rotatable bonds is 2. The van der Waals surface area contributed by atoms with E-state index < -0.39 is 0 Å². The quantitative estimate of drug-likeness (QED) is 0.903. The number of benzene rings is 1. The van der Waals surface area contributed by atoms with Gasteiger partial charge in [-0.15, -0.1) is 0 Å². The highest BCUT2D eigenvalue weighted by Crippen LogP contribution is 2.23. The molecular weight excluding hydrogens is 301 g/mol. The Balaban J connectivity index is 0.000000177. The molecule has 1 aliphatic rings. The smallest absolute Gasteiger partial charge is 0.127 e. The van der Waals surface area contributed by atoms with Crippen LogP contribution in [0.25, 0.3) is 0 Å². The summed E-state index contributed by atoms with van der Waals surface area (Å²) in [5.74, 6) is 0.396. The van der Waals surface area contributed by atoms with E-state index in [1.165, 1.54) is 24.6 Å². The summed E-state index contributed by atoms with van der Waals surface area (Å²) < 4.78 is 12.9. The highest BCUT2D eigenvalue weighted by Gasteiger charge is 2.15. The lowest BCUT2D eigenvalue weighted by molar-refractivity contribution is 0.453. The van der Waals surface area contributed by atoms with Crippen LogP contribution >= 0.6 is 0 Å². The molecule has 1 aromatic heterocycles. The second kappa shape index (κ2) is 9.14. The lowest BCUT2D eigenvalue weighted by Gasteiger charge is -2.22. The third kappa shape index (κ3) is 5.14. The van der Waals surface area contributed by atoms with Gasteiger partial charge in [0.2, 0.25) is 0 Å². The van der Waals surface area contributed by atoms with Crippen LogP contribution in [0.4, 0.5) is 4.39 Å². The fourth-order valence-electron chi connectivity index (χ4n) is 2.81. The number of aryl methyl sites for hydroxylation is 2. The van der Waals surface area contributed by atoms with Crippen molar-refractivity contribution in [3.63, 3.8) is 0 Å². The number of nitrogens with one attached hydrogen (secondary N) is 1. The van der Waals surface area contributed by atoms with Gasteiger partial charge < -0.3 is 5.32 Å². The Bertz CT molecular complexity index is 700. The van der Waals surface area contributed by atoms with E-state index in [2.05, 4.69) is 35.4 Å². The largest absolute Gasteiger partial charge is 0.317 e. The number of aromatic nitrogens is 1. The lowest BCUT2D eigenvalue weighted by Crippen LogP contribution is -2.27. The van der Waals surface area contributed by atoms with Crippen molar-refractivity contribution in [2.24, 2.45) is 0 Å². The molecule has 0 saturated carbocycles. The minimum Gasteiger partial charge on any atom is -0.317 e. The summed E-state index contributed by atoms with van der Waals surface area (Å²) in [6.07, 6.45) is 3.13. The van der Waals surface area contributed by atoms with Crippen LogP contribution in [0.2, 0.25) is 0 Å². The fourth-order valence-corrected chi connectivity index (χ4v) is 2.81. The summed E-state index contributed by atoms with van der Waals surface area (Å²) in [6.45, 7) is 6.22. The molecule has 24 heavy (non-hydrogen) atoms. The minimum atomic E-state index is -0.286. The molecular formula is C20H24FN3. The maximum absolute atomic E-state index is 12.9. The third-order valence-corrected chi connectivity index (χ3v) is 4.23. The summed E-state index contributed by atoms with van der Waals surface area (Å²) in [4.78, 5) is 4.57. The maximum Gasteiger partial charge on any atom is 0.127 e. The molecule has 3 nitrogen and oxygen atoms in total. The molecule has 1 fully saturated rings. The number of piperidine rings is 1. The second-order valence-electron chi connectivity index (χ2n) is 6.00. The molecule has 2 heterocycles. The van der Waals surface area contributed by atoms with Crippen LogP contribution in [-0.4, -0.2) is 18.1 Å². The van der Waals surface area contributed by atoms with Crippen LogP contribution in [0.3, 0.4) is 0 Å². The number of hydrogen-bond donors (Lipinski definition) is 1. The van der Waals surface area contributed by atoms with Gasteiger partial charge in [0.05, 0.1) is 11.6 Å². The summed E-state index contributed by atoms with van der Waals surface area (Å²) >= 11 is 0. The van der Waals surface area contributed by atoms with Crippen LogP contribution in [0.1, 0.15) is 48.2 Å². The first-order chi connectivity index (χ1) is 11.6. The van der Waals surface area contributed by atoms with E-state index in [1.807, 2.05) is 13.0 Å². The Morgan fingerprint density at radius 3 is 2.58 bits per heavy atom. The molecule has 0 amide bonds. The summed E-state index contributed by atoms with van der Waals surface area (Å²) in [7, 11) is 0. The number of nitriles is 1. The van der Waals surface area contributed by atoms with Gasteiger partial charge in [0.15, 0.2) is 0 Å². The molecule has 3 rings (SSSR count). The summed E-state index contributed by atoms with van der Waals surface area (Å²) in [5, 5.41) is 11.8. The normalized spacial score (nSPS) is 14.4. The lowest BCUT2D eigenvalue weighted by atomic mass is 9.94. The van der Waals surface area contributed by atoms with E-state index in [1.54, 1.807) is 12.1 Å². The molecule has 0 atom stereocenters. The molecule has 4 heteroatoms. The van der Waals surface area contributed by atoms with Crippen LogP contribution in [-0.2, 0) is 6.42 Å². The Hall–Kier alpha value is -2.25. The topological polar surface area (TPSA) is 48.7 Å². The zero-order valence-electron chi connectivity index (χ0n) is 14.3. The van der Waals surface area contributed by atoms with Crippen molar-refractivity contribution >= 4 is 0 Å². The van der Waals surface area contributed by atoms with E-state index >= 15 is 0 Å². The first-order valence-electron chi connectivity index (χ1n) is 8.46. The van der Waals surface area contributed by atoms with Gasteiger partial charge in [-0.2, -0.15) is 5.26 Å². The van der Waals surface area contributed by atoms with E-state index in [9.17, 15) is 4.39 Å². The Kier molecular flexibility index (Phi) is 6.89. The number of halogens is 1. The molecule has 1 saturated heterocycles. The standard InChI is InChI=1S/C11H16N2.C9H8FN/c1-9-3-2-4-11(13-9)10-5-7-12-8-6-10;1-2-8-4-3-7(6-11)5-9(8)10/h2-4,10,12H,5-8H2,1H3;3-5H,2H2,1H3. The molecule has 0 bridgehead atoms. The maximum atomic E-state index is 12.9. The van der Waals surface area contributed by atoms with Crippen molar-refractivity contribution in [1.29, 1.82) is 5.26 Å². The van der Waals surface area contributed by atoms with Gasteiger partial charge in [-0.3, -0.25) is 4.98 Å². The minimum absolute atomic E-state index is 0.286. The van der Waals surface area contributed by atoms with Crippen molar-refractivity contribution in [2.45, 2.75) is 39.0 Å². The van der Waals surface area contributed by atoms with Crippen molar-refractivity contribution < 1.29 is 4.39 Å². The summed E-state index contributed by atoms with van der Waals surface area (Å²) in [6, 6.07) is 12.7. The molecule has 2 aromatic rings. The second-order valence-corrected chi connectivity index (χ2v) is 6.00. The van der Waals surface area contributed by atoms with Gasteiger partial charge in [0, 0.05) is 17.3 Å². The van der Waals surface area contributed by atoms with E-state index in [0.717, 1.165) is 18.8 Å². The van der Waals surface area contributed by atoms with Crippen LogP contribution in [0.15, 0.2) is 36.4 Å². The number of nitrogens with zero attached hydrogens (tertiary/aromatic N) is 2. The summed E-state index contributed by atoms with van der Waals surface area (Å²) in [5.41, 5.74) is 3.45. The molecule has 126 valence electrons. The van der Waals surface area contributed by atoms with Gasteiger partial charge >= 0.3 is 0 Å². The van der Waals surface area contributed by atoms with Crippen LogP contribution < -0.4 is 5.32 Å². The van der Waals surface area contributed by atoms with Crippen molar-refractivity contribution in [2.75, 3.05) is 13.1 Å². The van der Waals surface area contributed by atoms with E-state index in [0.29, 0.717) is 23.5 Å². The van der Waals surface area contributed by atoms with E-state index in [4.69, 9.17) is 5.26 Å². The van der Waals surface area contributed by atoms with Gasteiger partial charge in [-0.1, -0.05) is 19.1 Å². The molecule has 1 aliphatic heterocycles. The highest BCUT2D eigenvalue weighted by molar-refractivity contribution is 5.32. The van der Waals surface area contributed by atoms with Crippen LogP contribution in [0, 0.1) is 24.1 Å². The average molecular weight is 325 g/mol. The molecule has 0 radical (unpaired) electrons. The third-order valence-electron chi connectivity index (χ3n) is 4.23. The first-order valence-corrected chi connectivity index (χ1v) is 8.46. The van der Waals surface area contributed by atoms with Gasteiger partial charge in [0.25, 0.3) is 0 Å². The van der Waals surface area contributed by atoms with Gasteiger partial charge in [-0.05, 0) is 69.1 Å². The van der Waals surface area contributed by atoms with Crippen molar-refractivity contribution in [3.8, 4) is 6.07 Å². The SMILES string of the molecule is CCc1ccc(C#N)cc1F.Cc1cccc(C2CCNCC2)n1. The Morgan fingerprint density at radius 1 is 1.25 bits per heavy atom. The number of pyridine rings is 1. The van der Waals surface area contributed by atoms with Crippen LogP contribution in [0.5, 0.6) is 0 Å². The molecule has 1 N–H and O–H groups in total. The van der Waals surface area contributed by atoms with Crippen molar-refractivity contribution in [1.82, 2.24) is 10.3 Å². The number of hydrogen-bond acceptors (Lipinski definition) is 3. The van der Waals surface area contributed by atoms with Gasteiger partial charge in [0.1, 0.15) is 5.82 Å². The zero-order chi connectivity index (χ0) is 17.4. The van der Waals surface area contributed by atoms with Crippen molar-refractivity contribution in [3.05, 3.63) is 64.7 Å². The Labute approximate surface area is 143 Å². The molecule has 0 aliphatic carbocycles. The van der Waals surface area contributed by atoms with E-state index in [-0.39, 0.29) is 5.82 Å². The zero-order valence-corrected chi connectivity index (χ0v) is 14.3. The van der Waals surface area contributed by atoms with Gasteiger partial charge in [-0.25, -0.2) is 4.39 Å². The molecule has 0 spiro atoms. The average Bonchev–Trinajstić information content (AvgIpc) is 2.63. The fraction of sp³-hybridized carbons (Fsp3) is 0.400. The first kappa shape index (κ1) is 18.1. The Morgan fingerprint density at radius 2 is 2.00 bits per heavy atom. The predicted octanol–water partition coefficient (Wildman–Crippen LogP) is 4.12.